The molecule has 0 aliphatic carbocycles. The molecule has 0 aliphatic rings. The third-order valence-corrected chi connectivity index (χ3v) is 5.19. The number of benzene rings is 2. The first kappa shape index (κ1) is 19.0. The highest BCUT2D eigenvalue weighted by atomic mass is 32.2. The van der Waals surface area contributed by atoms with Crippen molar-refractivity contribution in [2.75, 3.05) is 11.1 Å². The lowest BCUT2D eigenvalue weighted by Crippen LogP contribution is -2.15. The Morgan fingerprint density at radius 2 is 1.83 bits per heavy atom. The van der Waals surface area contributed by atoms with Crippen molar-refractivity contribution in [1.82, 2.24) is 10.1 Å². The smallest absolute Gasteiger partial charge is 0.238 e. The summed E-state index contributed by atoms with van der Waals surface area (Å²) in [7, 11) is 0. The van der Waals surface area contributed by atoms with E-state index in [0.717, 1.165) is 17.0 Å². The Kier molecular flexibility index (Phi) is 6.07. The number of rotatable bonds is 8. The maximum Gasteiger partial charge on any atom is 0.238 e. The van der Waals surface area contributed by atoms with Crippen molar-refractivity contribution < 1.29 is 13.7 Å². The van der Waals surface area contributed by atoms with E-state index in [1.807, 2.05) is 42.5 Å². The van der Waals surface area contributed by atoms with Gasteiger partial charge in [-0.05, 0) is 29.3 Å². The second-order valence-corrected chi connectivity index (χ2v) is 7.34. The van der Waals surface area contributed by atoms with Gasteiger partial charge >= 0.3 is 0 Å². The van der Waals surface area contributed by atoms with Gasteiger partial charge in [-0.1, -0.05) is 53.7 Å². The molecule has 0 atom stereocenters. The number of thioether (sulfide) groups is 1. The van der Waals surface area contributed by atoms with Crippen LogP contribution in [0.3, 0.4) is 0 Å². The fraction of sp³-hybridized carbons (Fsp3) is 0.136. The number of anilines is 1. The van der Waals surface area contributed by atoms with Crippen LogP contribution in [0.15, 0.2) is 81.9 Å². The lowest BCUT2D eigenvalue weighted by Gasteiger charge is -2.09. The number of hydrogen-bond donors (Lipinski definition) is 1. The van der Waals surface area contributed by atoms with Crippen LogP contribution in [0, 0.1) is 0 Å². The lowest BCUT2D eigenvalue weighted by molar-refractivity contribution is -0.113. The summed E-state index contributed by atoms with van der Waals surface area (Å²) < 4.78 is 10.6. The molecule has 1 amide bonds. The van der Waals surface area contributed by atoms with Crippen molar-refractivity contribution in [1.29, 1.82) is 0 Å². The summed E-state index contributed by atoms with van der Waals surface area (Å²) >= 11 is 1.58. The first-order chi connectivity index (χ1) is 14.3. The summed E-state index contributed by atoms with van der Waals surface area (Å²) in [5, 5.41) is 6.93. The fourth-order valence-electron chi connectivity index (χ4n) is 2.81. The van der Waals surface area contributed by atoms with Crippen LogP contribution in [0.1, 0.15) is 17.0 Å². The van der Waals surface area contributed by atoms with Crippen LogP contribution in [0.2, 0.25) is 0 Å². The Bertz CT molecular complexity index is 1060. The second kappa shape index (κ2) is 9.25. The predicted octanol–water partition coefficient (Wildman–Crippen LogP) is 4.79. The van der Waals surface area contributed by atoms with E-state index in [-0.39, 0.29) is 5.91 Å². The van der Waals surface area contributed by atoms with Gasteiger partial charge in [0, 0.05) is 11.4 Å². The fourth-order valence-corrected chi connectivity index (χ4v) is 3.60. The van der Waals surface area contributed by atoms with Crippen molar-refractivity contribution in [3.05, 3.63) is 90.0 Å². The van der Waals surface area contributed by atoms with Crippen LogP contribution >= 0.6 is 11.8 Å². The topological polar surface area (TPSA) is 81.2 Å². The van der Waals surface area contributed by atoms with Gasteiger partial charge in [-0.2, -0.15) is 4.98 Å². The largest absolute Gasteiger partial charge is 0.461 e. The van der Waals surface area contributed by atoms with Crippen LogP contribution in [0.25, 0.3) is 11.6 Å². The Hall–Kier alpha value is -3.32. The average molecular weight is 405 g/mol. The molecular weight excluding hydrogens is 386 g/mol. The van der Waals surface area contributed by atoms with Gasteiger partial charge in [0.15, 0.2) is 5.76 Å². The van der Waals surface area contributed by atoms with Crippen LogP contribution in [0.4, 0.5) is 5.69 Å². The summed E-state index contributed by atoms with van der Waals surface area (Å²) in [5.74, 6) is 2.55. The quantitative estimate of drug-likeness (QED) is 0.454. The Morgan fingerprint density at radius 1 is 1.00 bits per heavy atom. The number of aromatic nitrogens is 2. The normalized spacial score (nSPS) is 10.8. The van der Waals surface area contributed by atoms with Gasteiger partial charge < -0.3 is 14.3 Å². The monoisotopic (exact) mass is 405 g/mol. The molecule has 29 heavy (non-hydrogen) atoms. The van der Waals surface area contributed by atoms with E-state index in [4.69, 9.17) is 8.94 Å². The van der Waals surface area contributed by atoms with Crippen LogP contribution in [-0.2, 0) is 17.0 Å². The zero-order valence-corrected chi connectivity index (χ0v) is 16.4. The predicted molar refractivity (Wildman–Crippen MR) is 112 cm³/mol. The number of furan rings is 1. The van der Waals surface area contributed by atoms with E-state index in [9.17, 15) is 4.79 Å². The molecule has 0 bridgehead atoms. The molecule has 0 saturated heterocycles. The summed E-state index contributed by atoms with van der Waals surface area (Å²) in [5.41, 5.74) is 2.86. The molecule has 4 aromatic rings. The van der Waals surface area contributed by atoms with Gasteiger partial charge in [0.25, 0.3) is 0 Å². The van der Waals surface area contributed by atoms with Crippen molar-refractivity contribution in [3.63, 3.8) is 0 Å². The lowest BCUT2D eigenvalue weighted by atomic mass is 10.1. The number of para-hydroxylation sites is 1. The van der Waals surface area contributed by atoms with Gasteiger partial charge in [-0.15, -0.1) is 11.8 Å². The molecule has 0 aliphatic heterocycles. The molecule has 146 valence electrons. The Morgan fingerprint density at radius 3 is 2.66 bits per heavy atom. The first-order valence-electron chi connectivity index (χ1n) is 9.14. The van der Waals surface area contributed by atoms with E-state index in [1.165, 1.54) is 5.56 Å². The van der Waals surface area contributed by atoms with Crippen molar-refractivity contribution in [3.8, 4) is 11.6 Å². The average Bonchev–Trinajstić information content (AvgIpc) is 3.42. The Labute approximate surface area is 172 Å². The van der Waals surface area contributed by atoms with Crippen molar-refractivity contribution >= 4 is 23.4 Å². The maximum absolute atomic E-state index is 12.4. The molecule has 6 nitrogen and oxygen atoms in total. The molecule has 0 spiro atoms. The van der Waals surface area contributed by atoms with Gasteiger partial charge in [0.1, 0.15) is 0 Å². The number of hydrogen-bond acceptors (Lipinski definition) is 6. The number of nitrogens with zero attached hydrogens (tertiary/aromatic N) is 2. The number of carbonyl (C=O) groups is 1. The zero-order chi connectivity index (χ0) is 19.9. The van der Waals surface area contributed by atoms with Crippen LogP contribution < -0.4 is 5.32 Å². The molecule has 0 unspecified atom stereocenters. The SMILES string of the molecule is O=C(CSCc1ccccc1)Nc1ccccc1Cc1nc(-c2ccco2)no1. The number of nitrogens with one attached hydrogen (secondary N) is 1. The molecule has 2 aromatic heterocycles. The number of carbonyl (C=O) groups excluding carboxylic acids is 1. The first-order valence-corrected chi connectivity index (χ1v) is 10.3. The van der Waals surface area contributed by atoms with E-state index >= 15 is 0 Å². The third kappa shape index (κ3) is 5.14. The molecule has 2 aromatic carbocycles. The summed E-state index contributed by atoms with van der Waals surface area (Å²) in [6.07, 6.45) is 1.98. The molecule has 0 saturated carbocycles. The van der Waals surface area contributed by atoms with Crippen LogP contribution in [0.5, 0.6) is 0 Å². The standard InChI is InChI=1S/C22H19N3O3S/c26-20(15-29-14-16-7-2-1-3-8-16)23-18-10-5-4-9-17(18)13-21-24-22(25-28-21)19-11-6-12-27-19/h1-12H,13-15H2,(H,23,26). The molecular formula is C22H19N3O3S. The molecule has 4 rings (SSSR count). The van der Waals surface area contributed by atoms with Gasteiger partial charge in [0.05, 0.1) is 18.4 Å². The maximum atomic E-state index is 12.4. The Balaban J connectivity index is 1.36. The van der Waals surface area contributed by atoms with E-state index in [0.29, 0.717) is 29.6 Å². The van der Waals surface area contributed by atoms with Gasteiger partial charge in [-0.3, -0.25) is 4.79 Å². The molecule has 1 N–H and O–H groups in total. The van der Waals surface area contributed by atoms with E-state index < -0.39 is 0 Å². The third-order valence-electron chi connectivity index (χ3n) is 4.19. The molecule has 0 radical (unpaired) electrons. The van der Waals surface area contributed by atoms with E-state index in [2.05, 4.69) is 27.6 Å². The minimum atomic E-state index is -0.0415. The van der Waals surface area contributed by atoms with Crippen molar-refractivity contribution in [2.45, 2.75) is 12.2 Å². The highest BCUT2D eigenvalue weighted by Gasteiger charge is 2.14. The number of amides is 1. The molecule has 7 heteroatoms. The summed E-state index contributed by atoms with van der Waals surface area (Å²) in [4.78, 5) is 16.7. The minimum absolute atomic E-state index is 0.0415. The van der Waals surface area contributed by atoms with E-state index in [1.54, 1.807) is 30.2 Å². The minimum Gasteiger partial charge on any atom is -0.461 e. The summed E-state index contributed by atoms with van der Waals surface area (Å²) in [6, 6.07) is 21.3. The second-order valence-electron chi connectivity index (χ2n) is 6.35. The molecule has 0 fully saturated rings. The molecule has 2 heterocycles. The van der Waals surface area contributed by atoms with Crippen molar-refractivity contribution in [2.24, 2.45) is 0 Å². The highest BCUT2D eigenvalue weighted by molar-refractivity contribution is 7.99. The highest BCUT2D eigenvalue weighted by Crippen LogP contribution is 2.22. The zero-order valence-electron chi connectivity index (χ0n) is 15.6. The van der Waals surface area contributed by atoms with Crippen LogP contribution in [-0.4, -0.2) is 21.8 Å². The van der Waals surface area contributed by atoms with Gasteiger partial charge in [-0.25, -0.2) is 0 Å². The van der Waals surface area contributed by atoms with Gasteiger partial charge in [0.2, 0.25) is 17.6 Å². The summed E-state index contributed by atoms with van der Waals surface area (Å²) in [6.45, 7) is 0.